The molecule has 1 fully saturated rings. The van der Waals surface area contributed by atoms with Crippen molar-refractivity contribution in [2.24, 2.45) is 7.05 Å². The highest BCUT2D eigenvalue weighted by atomic mass is 16.6. The molecule has 1 saturated heterocycles. The second-order valence-electron chi connectivity index (χ2n) is 9.69. The number of nitrogens with zero attached hydrogens (tertiary/aromatic N) is 4. The van der Waals surface area contributed by atoms with Crippen molar-refractivity contribution < 1.29 is 14.3 Å². The molecule has 1 aliphatic rings. The van der Waals surface area contributed by atoms with Gasteiger partial charge in [-0.1, -0.05) is 0 Å². The molecule has 1 atom stereocenters. The van der Waals surface area contributed by atoms with E-state index in [1.54, 1.807) is 11.0 Å². The molecule has 0 bridgehead atoms. The van der Waals surface area contributed by atoms with E-state index in [1.165, 1.54) is 12.3 Å². The Morgan fingerprint density at radius 2 is 2.03 bits per heavy atom. The Balaban J connectivity index is 1.58. The lowest BCUT2D eigenvalue weighted by Gasteiger charge is -2.34. The fourth-order valence-electron chi connectivity index (χ4n) is 4.37. The number of benzene rings is 1. The lowest BCUT2D eigenvalue weighted by Crippen LogP contribution is -2.42. The van der Waals surface area contributed by atoms with Crippen LogP contribution in [0.15, 0.2) is 42.7 Å². The summed E-state index contributed by atoms with van der Waals surface area (Å²) in [5.74, 6) is -0.201. The molecule has 0 saturated carbocycles. The molecular formula is C26H29N5O3. The molecule has 176 valence electrons. The third-order valence-corrected chi connectivity index (χ3v) is 5.91. The molecule has 0 aliphatic carbocycles. The smallest absolute Gasteiger partial charge is 0.410 e. The minimum atomic E-state index is -0.530. The predicted molar refractivity (Wildman–Crippen MR) is 130 cm³/mol. The molecule has 0 radical (unpaired) electrons. The summed E-state index contributed by atoms with van der Waals surface area (Å²) in [6, 6.07) is 10.8. The van der Waals surface area contributed by atoms with Crippen molar-refractivity contribution in [2.75, 3.05) is 18.4 Å². The van der Waals surface area contributed by atoms with Crippen molar-refractivity contribution in [1.29, 1.82) is 5.26 Å². The second-order valence-corrected chi connectivity index (χ2v) is 9.69. The Labute approximate surface area is 199 Å². The van der Waals surface area contributed by atoms with E-state index >= 15 is 0 Å². The van der Waals surface area contributed by atoms with Gasteiger partial charge in [-0.15, -0.1) is 0 Å². The van der Waals surface area contributed by atoms with Gasteiger partial charge in [-0.3, -0.25) is 9.78 Å². The second kappa shape index (κ2) is 9.18. The van der Waals surface area contributed by atoms with Crippen LogP contribution in [-0.4, -0.2) is 45.1 Å². The van der Waals surface area contributed by atoms with E-state index in [9.17, 15) is 9.59 Å². The molecule has 1 N–H and O–H groups in total. The number of piperidine rings is 1. The van der Waals surface area contributed by atoms with Crippen molar-refractivity contribution in [3.63, 3.8) is 0 Å². The van der Waals surface area contributed by atoms with Crippen molar-refractivity contribution in [1.82, 2.24) is 14.5 Å². The molecule has 34 heavy (non-hydrogen) atoms. The summed E-state index contributed by atoms with van der Waals surface area (Å²) in [4.78, 5) is 31.2. The number of hydrogen-bond acceptors (Lipinski definition) is 5. The van der Waals surface area contributed by atoms with Crippen molar-refractivity contribution in [3.05, 3.63) is 59.5 Å². The Bertz CT molecular complexity index is 1280. The van der Waals surface area contributed by atoms with Gasteiger partial charge in [-0.2, -0.15) is 5.26 Å². The van der Waals surface area contributed by atoms with Gasteiger partial charge in [-0.05, 0) is 69.5 Å². The molecule has 1 aliphatic heterocycles. The average Bonchev–Trinajstić information content (AvgIpc) is 3.14. The third-order valence-electron chi connectivity index (χ3n) is 5.91. The highest BCUT2D eigenvalue weighted by Gasteiger charge is 2.29. The quantitative estimate of drug-likeness (QED) is 0.606. The number of likely N-dealkylation sites (tertiary alicyclic amines) is 1. The minimum Gasteiger partial charge on any atom is -0.444 e. The van der Waals surface area contributed by atoms with Crippen LogP contribution in [0.1, 0.15) is 61.1 Å². The minimum absolute atomic E-state index is 0.171. The molecule has 0 spiro atoms. The van der Waals surface area contributed by atoms with Gasteiger partial charge in [0.15, 0.2) is 0 Å². The number of anilines is 1. The number of pyridine rings is 1. The lowest BCUT2D eigenvalue weighted by atomic mass is 9.90. The van der Waals surface area contributed by atoms with Crippen molar-refractivity contribution >= 4 is 28.6 Å². The van der Waals surface area contributed by atoms with E-state index in [1.807, 2.05) is 52.1 Å². The van der Waals surface area contributed by atoms with Crippen LogP contribution in [0, 0.1) is 11.3 Å². The van der Waals surface area contributed by atoms with Crippen LogP contribution in [0.4, 0.5) is 10.5 Å². The zero-order valence-electron chi connectivity index (χ0n) is 20.0. The molecule has 3 aromatic rings. The van der Waals surface area contributed by atoms with Gasteiger partial charge in [0, 0.05) is 55.0 Å². The van der Waals surface area contributed by atoms with Crippen LogP contribution in [0.3, 0.4) is 0 Å². The van der Waals surface area contributed by atoms with Crippen molar-refractivity contribution in [2.45, 2.75) is 45.1 Å². The highest BCUT2D eigenvalue weighted by molar-refractivity contribution is 6.04. The zero-order chi connectivity index (χ0) is 24.5. The van der Waals surface area contributed by atoms with Crippen LogP contribution in [0.2, 0.25) is 0 Å². The first-order valence-corrected chi connectivity index (χ1v) is 11.4. The number of fused-ring (bicyclic) bond motifs is 1. The Hall–Kier alpha value is -3.86. The normalized spacial score (nSPS) is 16.2. The Morgan fingerprint density at radius 3 is 2.76 bits per heavy atom. The van der Waals surface area contributed by atoms with Gasteiger partial charge < -0.3 is 19.5 Å². The van der Waals surface area contributed by atoms with Crippen molar-refractivity contribution in [3.8, 4) is 6.07 Å². The summed E-state index contributed by atoms with van der Waals surface area (Å²) >= 11 is 0. The first-order valence-electron chi connectivity index (χ1n) is 11.4. The summed E-state index contributed by atoms with van der Waals surface area (Å²) in [5.41, 5.74) is 2.88. The maximum atomic E-state index is 12.7. The van der Waals surface area contributed by atoms with E-state index in [2.05, 4.69) is 21.1 Å². The topological polar surface area (TPSA) is 100 Å². The number of hydrogen-bond donors (Lipinski definition) is 1. The first-order chi connectivity index (χ1) is 16.1. The van der Waals surface area contributed by atoms with Crippen LogP contribution in [-0.2, 0) is 11.8 Å². The number of carbonyl (C=O) groups is 2. The number of amides is 2. The SMILES string of the molecule is Cn1cc(C2CCCN(C(=O)OC(C)(C)C)C2)c2cc(NC(=O)c3cc(C#N)ccn3)ccc21. The maximum Gasteiger partial charge on any atom is 0.410 e. The van der Waals surface area contributed by atoms with Gasteiger partial charge in [-0.25, -0.2) is 4.79 Å². The lowest BCUT2D eigenvalue weighted by molar-refractivity contribution is 0.0198. The molecule has 1 unspecified atom stereocenters. The summed E-state index contributed by atoms with van der Waals surface area (Å²) in [5, 5.41) is 13.0. The zero-order valence-corrected chi connectivity index (χ0v) is 20.0. The number of ether oxygens (including phenoxy) is 1. The number of aryl methyl sites for hydroxylation is 1. The van der Waals surface area contributed by atoms with Gasteiger partial charge in [0.05, 0.1) is 11.6 Å². The standard InChI is InChI=1S/C26H29N5O3/c1-26(2,3)34-25(33)31-11-5-6-18(15-31)21-16-30(4)23-8-7-19(13-20(21)23)29-24(32)22-12-17(14-27)9-10-28-22/h7-10,12-13,16,18H,5-6,11,15H2,1-4H3,(H,29,32). The van der Waals surface area contributed by atoms with Crippen LogP contribution in [0.25, 0.3) is 10.9 Å². The monoisotopic (exact) mass is 459 g/mol. The summed E-state index contributed by atoms with van der Waals surface area (Å²) < 4.78 is 7.65. The summed E-state index contributed by atoms with van der Waals surface area (Å²) in [6.07, 6.45) is 5.15. The van der Waals surface area contributed by atoms with Crippen LogP contribution in [0.5, 0.6) is 0 Å². The number of aromatic nitrogens is 2. The largest absolute Gasteiger partial charge is 0.444 e. The van der Waals surface area contributed by atoms with Gasteiger partial charge in [0.25, 0.3) is 5.91 Å². The van der Waals surface area contributed by atoms with Gasteiger partial charge >= 0.3 is 6.09 Å². The first kappa shape index (κ1) is 23.3. The molecule has 1 aromatic carbocycles. The number of nitriles is 1. The van der Waals surface area contributed by atoms with E-state index in [-0.39, 0.29) is 23.6 Å². The van der Waals surface area contributed by atoms with E-state index < -0.39 is 5.60 Å². The highest BCUT2D eigenvalue weighted by Crippen LogP contribution is 2.35. The number of rotatable bonds is 3. The molecule has 2 aromatic heterocycles. The predicted octanol–water partition coefficient (Wildman–Crippen LogP) is 4.81. The van der Waals surface area contributed by atoms with Gasteiger partial charge in [0.1, 0.15) is 11.3 Å². The van der Waals surface area contributed by atoms with E-state index in [0.717, 1.165) is 29.3 Å². The summed E-state index contributed by atoms with van der Waals surface area (Å²) in [7, 11) is 2.00. The van der Waals surface area contributed by atoms with Gasteiger partial charge in [0.2, 0.25) is 0 Å². The maximum absolute atomic E-state index is 12.7. The van der Waals surface area contributed by atoms with Crippen LogP contribution < -0.4 is 5.32 Å². The van der Waals surface area contributed by atoms with Crippen LogP contribution >= 0.6 is 0 Å². The molecular weight excluding hydrogens is 430 g/mol. The average molecular weight is 460 g/mol. The molecule has 8 heteroatoms. The molecule has 3 heterocycles. The Kier molecular flexibility index (Phi) is 6.29. The fourth-order valence-corrected chi connectivity index (χ4v) is 4.37. The fraction of sp³-hybridized carbons (Fsp3) is 0.385. The molecule has 8 nitrogen and oxygen atoms in total. The summed E-state index contributed by atoms with van der Waals surface area (Å²) in [6.45, 7) is 6.90. The number of carbonyl (C=O) groups excluding carboxylic acids is 2. The van der Waals surface area contributed by atoms with E-state index in [4.69, 9.17) is 10.00 Å². The molecule has 4 rings (SSSR count). The molecule has 2 amide bonds. The Morgan fingerprint density at radius 1 is 1.24 bits per heavy atom. The third kappa shape index (κ3) is 5.04. The van der Waals surface area contributed by atoms with E-state index in [0.29, 0.717) is 24.3 Å². The number of nitrogens with one attached hydrogen (secondary N) is 1.